The van der Waals surface area contributed by atoms with Crippen molar-refractivity contribution in [3.05, 3.63) is 36.0 Å². The molecule has 0 spiro atoms. The van der Waals surface area contributed by atoms with Gasteiger partial charge in [-0.05, 0) is 37.8 Å². The number of esters is 1. The number of nitrogens with one attached hydrogen (secondary N) is 1. The Kier molecular flexibility index (Phi) is 4.65. The van der Waals surface area contributed by atoms with Crippen molar-refractivity contribution in [1.29, 1.82) is 0 Å². The van der Waals surface area contributed by atoms with Gasteiger partial charge in [0, 0.05) is 30.2 Å². The van der Waals surface area contributed by atoms with Crippen LogP contribution in [-0.4, -0.2) is 41.0 Å². The number of ether oxygens (including phenoxy) is 1. The molecule has 2 heterocycles. The van der Waals surface area contributed by atoms with E-state index in [1.54, 1.807) is 11.8 Å². The van der Waals surface area contributed by atoms with Crippen molar-refractivity contribution in [1.82, 2.24) is 9.88 Å². The summed E-state index contributed by atoms with van der Waals surface area (Å²) in [5, 5.41) is 1.01. The van der Waals surface area contributed by atoms with Crippen LogP contribution in [0, 0.1) is 0 Å². The van der Waals surface area contributed by atoms with E-state index in [1.807, 2.05) is 30.5 Å². The second-order valence-corrected chi connectivity index (χ2v) is 6.05. The summed E-state index contributed by atoms with van der Waals surface area (Å²) in [5.41, 5.74) is 1.89. The zero-order chi connectivity index (χ0) is 16.2. The molecule has 1 aromatic heterocycles. The predicted molar refractivity (Wildman–Crippen MR) is 88.0 cm³/mol. The van der Waals surface area contributed by atoms with Crippen LogP contribution in [0.25, 0.3) is 10.9 Å². The number of H-pyrrole nitrogens is 1. The van der Waals surface area contributed by atoms with Crippen LogP contribution < -0.4 is 0 Å². The molecule has 0 radical (unpaired) electrons. The van der Waals surface area contributed by atoms with E-state index in [1.165, 1.54) is 6.42 Å². The van der Waals surface area contributed by atoms with Crippen LogP contribution in [0.1, 0.15) is 31.7 Å². The van der Waals surface area contributed by atoms with Gasteiger partial charge in [-0.2, -0.15) is 0 Å². The van der Waals surface area contributed by atoms with Gasteiger partial charge in [0.25, 0.3) is 5.91 Å². The van der Waals surface area contributed by atoms with Gasteiger partial charge in [0.2, 0.25) is 0 Å². The second-order valence-electron chi connectivity index (χ2n) is 6.05. The Morgan fingerprint density at radius 2 is 1.96 bits per heavy atom. The number of amides is 1. The molecule has 1 aliphatic rings. The number of likely N-dealkylation sites (tertiary alicyclic amines) is 1. The maximum atomic E-state index is 12.3. The standard InChI is InChI=1S/C18H22N2O3/c1-13(18(22)20-9-5-2-6-10-20)23-17(21)11-14-12-19-16-8-4-3-7-15(14)16/h3-4,7-8,12-13,19H,2,5-6,9-11H2,1H3/t13-/m0/s1. The summed E-state index contributed by atoms with van der Waals surface area (Å²) in [5.74, 6) is -0.454. The number of carbonyl (C=O) groups excluding carboxylic acids is 2. The van der Waals surface area contributed by atoms with Crippen molar-refractivity contribution in [3.63, 3.8) is 0 Å². The SMILES string of the molecule is C[C@H](OC(=O)Cc1c[nH]c2ccccc12)C(=O)N1CCCCC1. The fourth-order valence-electron chi connectivity index (χ4n) is 3.09. The third-order valence-electron chi connectivity index (χ3n) is 4.33. The maximum absolute atomic E-state index is 12.3. The van der Waals surface area contributed by atoms with Crippen LogP contribution in [0.3, 0.4) is 0 Å². The second kappa shape index (κ2) is 6.86. The first-order valence-electron chi connectivity index (χ1n) is 8.18. The number of hydrogen-bond acceptors (Lipinski definition) is 3. The molecule has 1 N–H and O–H groups in total. The summed E-state index contributed by atoms with van der Waals surface area (Å²) in [6, 6.07) is 7.82. The molecule has 23 heavy (non-hydrogen) atoms. The lowest BCUT2D eigenvalue weighted by molar-refractivity contribution is -0.159. The van der Waals surface area contributed by atoms with E-state index in [-0.39, 0.29) is 18.3 Å². The monoisotopic (exact) mass is 314 g/mol. The smallest absolute Gasteiger partial charge is 0.311 e. The first-order valence-corrected chi connectivity index (χ1v) is 8.18. The van der Waals surface area contributed by atoms with Gasteiger partial charge in [0.05, 0.1) is 6.42 Å². The van der Waals surface area contributed by atoms with Crippen LogP contribution in [0.15, 0.2) is 30.5 Å². The van der Waals surface area contributed by atoms with E-state index in [0.717, 1.165) is 42.4 Å². The van der Waals surface area contributed by atoms with Crippen LogP contribution in [0.5, 0.6) is 0 Å². The van der Waals surface area contributed by atoms with E-state index in [9.17, 15) is 9.59 Å². The summed E-state index contributed by atoms with van der Waals surface area (Å²) in [6.07, 6.45) is 4.50. The number of benzene rings is 1. The van der Waals surface area contributed by atoms with Gasteiger partial charge in [0.1, 0.15) is 0 Å². The number of aromatic amines is 1. The third-order valence-corrected chi connectivity index (χ3v) is 4.33. The normalized spacial score (nSPS) is 16.3. The Labute approximate surface area is 135 Å². The van der Waals surface area contributed by atoms with E-state index in [0.29, 0.717) is 0 Å². The molecule has 0 unspecified atom stereocenters. The van der Waals surface area contributed by atoms with E-state index < -0.39 is 6.10 Å². The summed E-state index contributed by atoms with van der Waals surface area (Å²) >= 11 is 0. The first-order chi connectivity index (χ1) is 11.1. The Morgan fingerprint density at radius 3 is 2.74 bits per heavy atom. The predicted octanol–water partition coefficient (Wildman–Crippen LogP) is 2.65. The van der Waals surface area contributed by atoms with Crippen molar-refractivity contribution in [2.24, 2.45) is 0 Å². The summed E-state index contributed by atoms with van der Waals surface area (Å²) in [4.78, 5) is 29.4. The molecule has 122 valence electrons. The van der Waals surface area contributed by atoms with Gasteiger partial charge < -0.3 is 14.6 Å². The summed E-state index contributed by atoms with van der Waals surface area (Å²) in [7, 11) is 0. The number of aromatic nitrogens is 1. The highest BCUT2D eigenvalue weighted by Crippen LogP contribution is 2.19. The molecular formula is C18H22N2O3. The number of rotatable bonds is 4. The lowest BCUT2D eigenvalue weighted by Gasteiger charge is -2.28. The third kappa shape index (κ3) is 3.55. The number of carbonyl (C=O) groups is 2. The van der Waals surface area contributed by atoms with Crippen molar-refractivity contribution in [2.45, 2.75) is 38.7 Å². The Morgan fingerprint density at radius 1 is 1.22 bits per heavy atom. The van der Waals surface area contributed by atoms with Gasteiger partial charge in [-0.3, -0.25) is 9.59 Å². The van der Waals surface area contributed by atoms with E-state index >= 15 is 0 Å². The minimum absolute atomic E-state index is 0.0861. The Balaban J connectivity index is 1.59. The summed E-state index contributed by atoms with van der Waals surface area (Å²) < 4.78 is 5.34. The van der Waals surface area contributed by atoms with Crippen LogP contribution in [0.4, 0.5) is 0 Å². The number of para-hydroxylation sites is 1. The number of piperidine rings is 1. The fourth-order valence-corrected chi connectivity index (χ4v) is 3.09. The van der Waals surface area contributed by atoms with Gasteiger partial charge in [-0.25, -0.2) is 0 Å². The average Bonchev–Trinajstić information content (AvgIpc) is 2.98. The molecule has 2 aromatic rings. The van der Waals surface area contributed by atoms with E-state index in [4.69, 9.17) is 4.74 Å². The lowest BCUT2D eigenvalue weighted by Crippen LogP contribution is -2.42. The molecule has 1 aromatic carbocycles. The van der Waals surface area contributed by atoms with Crippen LogP contribution in [-0.2, 0) is 20.7 Å². The molecule has 1 aliphatic heterocycles. The van der Waals surface area contributed by atoms with Gasteiger partial charge in [-0.1, -0.05) is 18.2 Å². The molecular weight excluding hydrogens is 292 g/mol. The number of hydrogen-bond donors (Lipinski definition) is 1. The molecule has 5 nitrogen and oxygen atoms in total. The van der Waals surface area contributed by atoms with E-state index in [2.05, 4.69) is 4.98 Å². The van der Waals surface area contributed by atoms with Crippen LogP contribution in [0.2, 0.25) is 0 Å². The fraction of sp³-hybridized carbons (Fsp3) is 0.444. The highest BCUT2D eigenvalue weighted by atomic mass is 16.5. The number of fused-ring (bicyclic) bond motifs is 1. The van der Waals surface area contributed by atoms with Gasteiger partial charge in [0.15, 0.2) is 6.10 Å². The zero-order valence-electron chi connectivity index (χ0n) is 13.4. The average molecular weight is 314 g/mol. The van der Waals surface area contributed by atoms with Crippen LogP contribution >= 0.6 is 0 Å². The minimum Gasteiger partial charge on any atom is -0.452 e. The van der Waals surface area contributed by atoms with Crippen molar-refractivity contribution in [2.75, 3.05) is 13.1 Å². The van der Waals surface area contributed by atoms with Crippen molar-refractivity contribution < 1.29 is 14.3 Å². The molecule has 0 saturated carbocycles. The zero-order valence-corrected chi connectivity index (χ0v) is 13.4. The molecule has 0 bridgehead atoms. The largest absolute Gasteiger partial charge is 0.452 e. The highest BCUT2D eigenvalue weighted by molar-refractivity contribution is 5.88. The first kappa shape index (κ1) is 15.6. The molecule has 5 heteroatoms. The molecule has 1 amide bonds. The van der Waals surface area contributed by atoms with Gasteiger partial charge >= 0.3 is 5.97 Å². The molecule has 1 saturated heterocycles. The molecule has 1 atom stereocenters. The Bertz CT molecular complexity index is 701. The minimum atomic E-state index is -0.717. The maximum Gasteiger partial charge on any atom is 0.311 e. The summed E-state index contributed by atoms with van der Waals surface area (Å²) in [6.45, 7) is 3.19. The van der Waals surface area contributed by atoms with Crippen molar-refractivity contribution in [3.8, 4) is 0 Å². The quantitative estimate of drug-likeness (QED) is 0.883. The van der Waals surface area contributed by atoms with Gasteiger partial charge in [-0.15, -0.1) is 0 Å². The highest BCUT2D eigenvalue weighted by Gasteiger charge is 2.25. The topological polar surface area (TPSA) is 62.4 Å². The Hall–Kier alpha value is -2.30. The number of nitrogens with zero attached hydrogens (tertiary/aromatic N) is 1. The molecule has 1 fully saturated rings. The molecule has 3 rings (SSSR count). The molecule has 0 aliphatic carbocycles. The van der Waals surface area contributed by atoms with Crippen molar-refractivity contribution >= 4 is 22.8 Å². The lowest BCUT2D eigenvalue weighted by atomic mass is 10.1.